The van der Waals surface area contributed by atoms with Gasteiger partial charge in [0, 0.05) is 182 Å². The van der Waals surface area contributed by atoms with Crippen molar-refractivity contribution in [3.63, 3.8) is 0 Å². The molecule has 0 atom stereocenters. The summed E-state index contributed by atoms with van der Waals surface area (Å²) in [6.45, 7) is 19.6. The number of nitrogens with zero attached hydrogens (tertiary/aromatic N) is 8. The molecular formula is C102H89FIr6N8O3-6. The number of hydrogen-bond donors (Lipinski definition) is 0. The minimum absolute atomic E-state index is 0. The zero-order chi connectivity index (χ0) is 80.2. The van der Waals surface area contributed by atoms with Crippen LogP contribution in [0.2, 0.25) is 0 Å². The molecule has 0 fully saturated rings. The number of para-hydroxylation sites is 1. The fraction of sp³-hybridized carbons (Fsp3) is 0.186. The van der Waals surface area contributed by atoms with Crippen molar-refractivity contribution in [1.29, 1.82) is 0 Å². The van der Waals surface area contributed by atoms with Gasteiger partial charge in [-0.3, -0.25) is 18.8 Å². The van der Waals surface area contributed by atoms with E-state index in [1.165, 1.54) is 51.7 Å². The molecular weight excluding hydrogens is 2560 g/mol. The standard InChI is InChI=1S/C19H17FN3O.C19H20N.C17H14NO.C17H16N.C15H10NO.C15H12N.6Ir/c1-22(2)17-12-13(8-9-15(17)20)19-14-6-4-5-7-16(14)23(3)18(24)10-11-21-19;1-18(2)15-12-8-9-13-16(15)19(3,4)20-17(18)14-10-6-5-7-11-14;1-17(2)14-11-7-6-10-13(14)16(19)15(18-17)12-8-4-3-5-9-12;1-17(2)15-11-7-6-10-14(15)12-18-16(17)13-8-4-3-5-9-13;17-15-13-9-5-4-8-12(13)10-16-14(15)11-6-2-1-3-7-11;1-2-6-12(7-3-1)15-10-13-8-4-5-9-14(13)11-16-15;;;;;;/h4-7,9-12H,1-3H3;5-10,12-13H,1-4H3;3-8,10-11H,1-2H3;3-8,10-11H,12H2,1-2H3;1-6,8-9H,10H2;1-6,8-9H,10-11H2;;;;;;/q6*-1;;;;;;/b11-10-,21-19?;;;;;;;;;;;. The van der Waals surface area contributed by atoms with E-state index >= 15 is 0 Å². The van der Waals surface area contributed by atoms with Crippen molar-refractivity contribution in [2.45, 2.75) is 103 Å². The topological polar surface area (TPSA) is 132 Å². The van der Waals surface area contributed by atoms with Gasteiger partial charge in [-0.05, 0) is 130 Å². The molecule has 0 bridgehead atoms. The number of benzene rings is 12. The van der Waals surface area contributed by atoms with Crippen LogP contribution in [0.5, 0.6) is 0 Å². The Morgan fingerprint density at radius 3 is 1.40 bits per heavy atom. The predicted molar refractivity (Wildman–Crippen MR) is 461 cm³/mol. The molecule has 0 aliphatic carbocycles. The summed E-state index contributed by atoms with van der Waals surface area (Å²) in [6.07, 6.45) is 3.81. The van der Waals surface area contributed by atoms with Crippen molar-refractivity contribution in [3.8, 4) is 0 Å². The average Bonchev–Trinajstić information content (AvgIpc) is 0.739. The van der Waals surface area contributed by atoms with Gasteiger partial charge < -0.3 is 39.8 Å². The molecule has 1 amide bonds. The Hall–Kier alpha value is -9.16. The number of hydrogen-bond acceptors (Lipinski definition) is 10. The summed E-state index contributed by atoms with van der Waals surface area (Å²) >= 11 is 0. The molecule has 0 saturated carbocycles. The van der Waals surface area contributed by atoms with Gasteiger partial charge in [0.25, 0.3) is 5.91 Å². The quantitative estimate of drug-likeness (QED) is 0.147. The monoisotopic (exact) mass is 2650 g/mol. The van der Waals surface area contributed by atoms with Crippen molar-refractivity contribution in [1.82, 2.24) is 0 Å². The van der Waals surface area contributed by atoms with Gasteiger partial charge in [-0.25, -0.2) is 0 Å². The molecule has 0 spiro atoms. The fourth-order valence-electron chi connectivity index (χ4n) is 14.9. The Morgan fingerprint density at radius 2 is 0.817 bits per heavy atom. The molecule has 6 radical (unpaired) electrons. The number of halogens is 1. The third kappa shape index (κ3) is 22.6. The van der Waals surface area contributed by atoms with Crippen LogP contribution in [-0.4, -0.2) is 72.9 Å². The van der Waals surface area contributed by atoms with Gasteiger partial charge in [0.05, 0.1) is 36.5 Å². The molecule has 622 valence electrons. The molecule has 6 aliphatic heterocycles. The molecule has 0 saturated heterocycles. The molecule has 18 heteroatoms. The Balaban J connectivity index is 0.000000197. The van der Waals surface area contributed by atoms with Crippen LogP contribution in [0.4, 0.5) is 15.8 Å². The number of carbonyl (C=O) groups excluding carboxylic acids is 3. The molecule has 0 N–H and O–H groups in total. The van der Waals surface area contributed by atoms with Crippen LogP contribution < -0.4 is 9.80 Å². The third-order valence-electron chi connectivity index (χ3n) is 20.9. The maximum atomic E-state index is 14.0. The van der Waals surface area contributed by atoms with Gasteiger partial charge in [-0.2, -0.15) is 0 Å². The minimum Gasteiger partial charge on any atom is -0.391 e. The van der Waals surface area contributed by atoms with Crippen molar-refractivity contribution in [2.75, 3.05) is 30.9 Å². The van der Waals surface area contributed by atoms with Crippen molar-refractivity contribution >= 4 is 63.1 Å². The van der Waals surface area contributed by atoms with Crippen LogP contribution in [-0.2, 0) is 173 Å². The number of rotatable bonds is 7. The van der Waals surface area contributed by atoms with Crippen LogP contribution in [0.3, 0.4) is 0 Å². The number of likely N-dealkylation sites (N-methyl/N-ethyl adjacent to an activating group) is 1. The first kappa shape index (κ1) is 98.0. The third-order valence-corrected chi connectivity index (χ3v) is 20.9. The van der Waals surface area contributed by atoms with Crippen LogP contribution in [0.15, 0.2) is 321 Å². The summed E-state index contributed by atoms with van der Waals surface area (Å²) < 4.78 is 14.0. The van der Waals surface area contributed by atoms with Gasteiger partial charge in [0.15, 0.2) is 11.6 Å². The Morgan fingerprint density at radius 1 is 0.383 bits per heavy atom. The van der Waals surface area contributed by atoms with E-state index in [0.717, 1.165) is 98.0 Å². The van der Waals surface area contributed by atoms with E-state index in [-0.39, 0.29) is 166 Å². The molecule has 6 aliphatic rings. The first-order valence-electron chi connectivity index (χ1n) is 38.2. The Bertz CT molecular complexity index is 5770. The second-order valence-corrected chi connectivity index (χ2v) is 30.5. The van der Waals surface area contributed by atoms with Gasteiger partial charge in [-0.1, -0.05) is 167 Å². The van der Waals surface area contributed by atoms with E-state index in [4.69, 9.17) is 9.98 Å². The summed E-state index contributed by atoms with van der Waals surface area (Å²) in [5.41, 5.74) is 23.5. The van der Waals surface area contributed by atoms with E-state index in [1.807, 2.05) is 172 Å². The number of anilines is 2. The maximum Gasteiger partial charge on any atom is 0.252 e. The fourth-order valence-corrected chi connectivity index (χ4v) is 14.9. The number of aliphatic imine (C=N–C) groups is 6. The zero-order valence-electron chi connectivity index (χ0n) is 68.2. The summed E-state index contributed by atoms with van der Waals surface area (Å²) in [6, 6.07) is 110. The minimum atomic E-state index is -0.385. The molecule has 11 nitrogen and oxygen atoms in total. The van der Waals surface area contributed by atoms with Crippen molar-refractivity contribution in [2.24, 2.45) is 30.0 Å². The molecule has 12 aromatic rings. The second-order valence-electron chi connectivity index (χ2n) is 30.5. The van der Waals surface area contributed by atoms with E-state index in [0.29, 0.717) is 34.9 Å². The van der Waals surface area contributed by atoms with Gasteiger partial charge in [0.2, 0.25) is 0 Å². The number of Topliss-reactive ketones (excluding diaryl/α,β-unsaturated/α-hetero) is 2. The van der Waals surface area contributed by atoms with Gasteiger partial charge in [0.1, 0.15) is 0 Å². The van der Waals surface area contributed by atoms with Crippen LogP contribution in [0.1, 0.15) is 160 Å². The summed E-state index contributed by atoms with van der Waals surface area (Å²) in [5, 5.41) is 0. The molecule has 120 heavy (non-hydrogen) atoms. The summed E-state index contributed by atoms with van der Waals surface area (Å²) in [7, 11) is 5.28. The second kappa shape index (κ2) is 44.1. The van der Waals surface area contributed by atoms with Crippen LogP contribution in [0, 0.1) is 42.2 Å². The summed E-state index contributed by atoms with van der Waals surface area (Å²) in [5.74, 6) is -0.514. The molecule has 6 heterocycles. The van der Waals surface area contributed by atoms with E-state index in [2.05, 4.69) is 195 Å². The number of fused-ring (bicyclic) bond motifs is 6. The Kier molecular flexibility index (Phi) is 36.0. The zero-order valence-corrected chi connectivity index (χ0v) is 82.6. The first-order valence-corrected chi connectivity index (χ1v) is 38.2. The van der Waals surface area contributed by atoms with Crippen LogP contribution in [0.25, 0.3) is 0 Å². The smallest absolute Gasteiger partial charge is 0.252 e. The van der Waals surface area contributed by atoms with Gasteiger partial charge >= 0.3 is 0 Å². The van der Waals surface area contributed by atoms with E-state index in [1.54, 1.807) is 49.1 Å². The van der Waals surface area contributed by atoms with E-state index < -0.39 is 0 Å². The molecule has 0 unspecified atom stereocenters. The predicted octanol–water partition coefficient (Wildman–Crippen LogP) is 20.4. The normalized spacial score (nSPS) is 15.3. The van der Waals surface area contributed by atoms with E-state index in [9.17, 15) is 18.8 Å². The molecule has 0 aromatic heterocycles. The van der Waals surface area contributed by atoms with Crippen molar-refractivity contribution in [3.05, 3.63) is 428 Å². The Labute approximate surface area is 787 Å². The summed E-state index contributed by atoms with van der Waals surface area (Å²) in [4.78, 5) is 68.1. The molecule has 12 aromatic carbocycles. The number of ketones is 2. The molecule has 18 rings (SSSR count). The SMILES string of the molecule is CC1(C)C(c2[c-]cccc2)=NCc2ccccc21.CC1(C)N=C(c2[c-]cccc2)C(=O)c2ccccc21.CC1(C)N=C(c2[c-]cccc2)C(C)(C)c2ccccc21.CN(C)c1cc(C2=N/C=C\C(=O)N(C)c3ccccc32)[c-]cc1F.O=C1C(c2[c-]cccc2)=NCc2ccccc21.[Ir].[Ir].[Ir].[Ir].[Ir].[Ir].[c-]1ccccc1C1=NCc2ccccc2C1. The van der Waals surface area contributed by atoms with Gasteiger partial charge in [-0.15, -0.1) is 203 Å². The van der Waals surface area contributed by atoms with Crippen molar-refractivity contribution < 1.29 is 139 Å². The number of carbonyl (C=O) groups is 3. The maximum absolute atomic E-state index is 14.0. The first-order chi connectivity index (χ1) is 55.0. The number of amides is 1. The van der Waals surface area contributed by atoms with Crippen LogP contribution >= 0.6 is 0 Å². The average molecular weight is 2650 g/mol. The largest absolute Gasteiger partial charge is 0.391 e.